The Balaban J connectivity index is 1.61. The van der Waals surface area contributed by atoms with Gasteiger partial charge in [0, 0.05) is 23.7 Å². The zero-order valence-corrected chi connectivity index (χ0v) is 18.1. The number of rotatable bonds is 5. The van der Waals surface area contributed by atoms with Gasteiger partial charge in [0.1, 0.15) is 0 Å². The van der Waals surface area contributed by atoms with E-state index in [4.69, 9.17) is 20.9 Å². The van der Waals surface area contributed by atoms with Crippen molar-refractivity contribution in [2.75, 3.05) is 31.0 Å². The van der Waals surface area contributed by atoms with Gasteiger partial charge in [-0.05, 0) is 36.8 Å². The maximum absolute atomic E-state index is 12.9. The van der Waals surface area contributed by atoms with E-state index in [0.29, 0.717) is 48.1 Å². The summed E-state index contributed by atoms with van der Waals surface area (Å²) in [4.78, 5) is 18.3. The van der Waals surface area contributed by atoms with Crippen LogP contribution in [-0.2, 0) is 14.8 Å². The lowest BCUT2D eigenvalue weighted by Crippen LogP contribution is -2.40. The molecule has 0 unspecified atom stereocenters. The Morgan fingerprint density at radius 3 is 2.68 bits per heavy atom. The number of anilines is 1. The third-order valence-corrected chi connectivity index (χ3v) is 6.48. The highest BCUT2D eigenvalue weighted by Gasteiger charge is 2.25. The molecule has 1 saturated heterocycles. The average Bonchev–Trinajstić information content (AvgIpc) is 3.24. The minimum Gasteiger partial charge on any atom is -0.378 e. The van der Waals surface area contributed by atoms with E-state index in [1.165, 1.54) is 12.1 Å². The van der Waals surface area contributed by atoms with Crippen LogP contribution >= 0.6 is 11.6 Å². The number of carbonyl (C=O) groups excluding carboxylic acids is 1. The quantitative estimate of drug-likeness (QED) is 0.619. The highest BCUT2D eigenvalue weighted by molar-refractivity contribution is 7.92. The fraction of sp³-hybridized carbons (Fsp3) is 0.250. The molecule has 4 rings (SSSR count). The van der Waals surface area contributed by atoms with Crippen LogP contribution in [-0.4, -0.2) is 55.7 Å². The summed E-state index contributed by atoms with van der Waals surface area (Å²) in [6, 6.07) is 11.2. The summed E-state index contributed by atoms with van der Waals surface area (Å²) in [5.74, 6) is -0.417. The maximum Gasteiger partial charge on any atom is 0.316 e. The van der Waals surface area contributed by atoms with E-state index >= 15 is 0 Å². The number of nitrogens with zero attached hydrogens (tertiary/aromatic N) is 3. The van der Waals surface area contributed by atoms with E-state index < -0.39 is 10.0 Å². The summed E-state index contributed by atoms with van der Waals surface area (Å²) in [6.45, 7) is 3.47. The average molecular weight is 463 g/mol. The fourth-order valence-corrected chi connectivity index (χ4v) is 4.63. The molecule has 31 heavy (non-hydrogen) atoms. The van der Waals surface area contributed by atoms with Crippen molar-refractivity contribution in [3.05, 3.63) is 58.9 Å². The Kier molecular flexibility index (Phi) is 5.94. The normalized spacial score (nSPS) is 14.5. The Morgan fingerprint density at radius 1 is 1.16 bits per heavy atom. The van der Waals surface area contributed by atoms with Crippen molar-refractivity contribution in [3.8, 4) is 11.4 Å². The SMILES string of the molecule is Cc1ccc(-c2noc(C(=O)N3CCOCC3)n2)cc1S(=O)(=O)Nc1cccc(Cl)c1. The highest BCUT2D eigenvalue weighted by Crippen LogP contribution is 2.26. The van der Waals surface area contributed by atoms with Crippen LogP contribution in [0.2, 0.25) is 5.02 Å². The summed E-state index contributed by atoms with van der Waals surface area (Å²) in [6.07, 6.45) is 0. The number of hydrogen-bond acceptors (Lipinski definition) is 7. The van der Waals surface area contributed by atoms with Gasteiger partial charge in [0.05, 0.1) is 23.8 Å². The fourth-order valence-electron chi connectivity index (χ4n) is 3.12. The molecule has 0 spiro atoms. The number of nitrogens with one attached hydrogen (secondary N) is 1. The predicted octanol–water partition coefficient (Wildman–Crippen LogP) is 2.97. The third-order valence-electron chi connectivity index (χ3n) is 4.72. The number of aromatic nitrogens is 2. The van der Waals surface area contributed by atoms with Crippen molar-refractivity contribution in [1.29, 1.82) is 0 Å². The lowest BCUT2D eigenvalue weighted by atomic mass is 10.1. The molecule has 1 aromatic heterocycles. The van der Waals surface area contributed by atoms with Crippen molar-refractivity contribution in [3.63, 3.8) is 0 Å². The topological polar surface area (TPSA) is 115 Å². The molecule has 0 aliphatic carbocycles. The third kappa shape index (κ3) is 4.71. The van der Waals surface area contributed by atoms with Crippen molar-refractivity contribution in [2.45, 2.75) is 11.8 Å². The van der Waals surface area contributed by atoms with Crippen LogP contribution in [0.4, 0.5) is 5.69 Å². The molecular formula is C20H19ClN4O5S. The number of aryl methyl sites for hydroxylation is 1. The lowest BCUT2D eigenvalue weighted by molar-refractivity contribution is 0.0272. The van der Waals surface area contributed by atoms with Gasteiger partial charge in [-0.2, -0.15) is 4.98 Å². The minimum absolute atomic E-state index is 0.0517. The van der Waals surface area contributed by atoms with Gasteiger partial charge in [0.25, 0.3) is 10.0 Å². The molecular weight excluding hydrogens is 444 g/mol. The van der Waals surface area contributed by atoms with Crippen LogP contribution in [0.1, 0.15) is 16.2 Å². The van der Waals surface area contributed by atoms with Crippen molar-refractivity contribution in [1.82, 2.24) is 15.0 Å². The molecule has 1 aliphatic rings. The van der Waals surface area contributed by atoms with Gasteiger partial charge in [-0.3, -0.25) is 9.52 Å². The highest BCUT2D eigenvalue weighted by atomic mass is 35.5. The summed E-state index contributed by atoms with van der Waals surface area (Å²) < 4.78 is 38.8. The van der Waals surface area contributed by atoms with E-state index in [2.05, 4.69) is 14.9 Å². The molecule has 1 N–H and O–H groups in total. The number of carbonyl (C=O) groups is 1. The first-order valence-corrected chi connectivity index (χ1v) is 11.3. The monoisotopic (exact) mass is 462 g/mol. The van der Waals surface area contributed by atoms with Gasteiger partial charge in [-0.25, -0.2) is 8.42 Å². The minimum atomic E-state index is -3.90. The Labute approximate surface area is 184 Å². The summed E-state index contributed by atoms with van der Waals surface area (Å²) >= 11 is 5.94. The van der Waals surface area contributed by atoms with Gasteiger partial charge < -0.3 is 14.2 Å². The Bertz CT molecular complexity index is 1220. The van der Waals surface area contributed by atoms with Crippen molar-refractivity contribution >= 4 is 33.2 Å². The summed E-state index contributed by atoms with van der Waals surface area (Å²) in [5.41, 5.74) is 1.28. The van der Waals surface area contributed by atoms with Crippen LogP contribution in [0.25, 0.3) is 11.4 Å². The van der Waals surface area contributed by atoms with Gasteiger partial charge >= 0.3 is 11.8 Å². The molecule has 0 bridgehead atoms. The van der Waals surface area contributed by atoms with Gasteiger partial charge in [-0.15, -0.1) is 0 Å². The standard InChI is InChI=1S/C20H19ClN4O5S/c1-13-5-6-14(11-17(13)31(27,28)24-16-4-2-3-15(21)12-16)18-22-19(30-23-18)20(26)25-7-9-29-10-8-25/h2-6,11-12,24H,7-10H2,1H3. The molecule has 162 valence electrons. The zero-order chi connectivity index (χ0) is 22.0. The smallest absolute Gasteiger partial charge is 0.316 e. The first kappa shape index (κ1) is 21.3. The number of benzene rings is 2. The largest absolute Gasteiger partial charge is 0.378 e. The van der Waals surface area contributed by atoms with Gasteiger partial charge in [0.2, 0.25) is 5.82 Å². The van der Waals surface area contributed by atoms with Crippen molar-refractivity contribution < 1.29 is 22.5 Å². The van der Waals surface area contributed by atoms with Crippen molar-refractivity contribution in [2.24, 2.45) is 0 Å². The molecule has 0 radical (unpaired) electrons. The molecule has 2 heterocycles. The molecule has 11 heteroatoms. The molecule has 9 nitrogen and oxygen atoms in total. The van der Waals surface area contributed by atoms with Gasteiger partial charge in [0.15, 0.2) is 0 Å². The Morgan fingerprint density at radius 2 is 1.94 bits per heavy atom. The number of hydrogen-bond donors (Lipinski definition) is 1. The van der Waals surface area contributed by atoms with E-state index in [-0.39, 0.29) is 22.5 Å². The van der Waals surface area contributed by atoms with E-state index in [1.807, 2.05) is 0 Å². The molecule has 2 aromatic carbocycles. The number of halogens is 1. The van der Waals surface area contributed by atoms with Crippen LogP contribution in [0, 0.1) is 6.92 Å². The van der Waals surface area contributed by atoms with Crippen LogP contribution in [0.5, 0.6) is 0 Å². The van der Waals surface area contributed by atoms with E-state index in [1.54, 1.807) is 42.2 Å². The first-order chi connectivity index (χ1) is 14.8. The molecule has 1 aliphatic heterocycles. The lowest BCUT2D eigenvalue weighted by Gasteiger charge is -2.25. The molecule has 0 atom stereocenters. The zero-order valence-electron chi connectivity index (χ0n) is 16.5. The predicted molar refractivity (Wildman–Crippen MR) is 113 cm³/mol. The second-order valence-corrected chi connectivity index (χ2v) is 9.01. The summed E-state index contributed by atoms with van der Waals surface area (Å²) in [7, 11) is -3.90. The number of ether oxygens (including phenoxy) is 1. The van der Waals surface area contributed by atoms with E-state index in [9.17, 15) is 13.2 Å². The van der Waals surface area contributed by atoms with Crippen LogP contribution < -0.4 is 4.72 Å². The summed E-state index contributed by atoms with van der Waals surface area (Å²) in [5, 5.41) is 4.27. The molecule has 3 aromatic rings. The number of sulfonamides is 1. The second kappa shape index (κ2) is 8.66. The van der Waals surface area contributed by atoms with Crippen LogP contribution in [0.15, 0.2) is 51.9 Å². The van der Waals surface area contributed by atoms with Crippen LogP contribution in [0.3, 0.4) is 0 Å². The first-order valence-electron chi connectivity index (χ1n) is 9.44. The number of amides is 1. The molecule has 1 amide bonds. The van der Waals surface area contributed by atoms with E-state index in [0.717, 1.165) is 0 Å². The Hall–Kier alpha value is -2.95. The molecule has 1 fully saturated rings. The number of morpholine rings is 1. The maximum atomic E-state index is 12.9. The van der Waals surface area contributed by atoms with Gasteiger partial charge in [-0.1, -0.05) is 35.0 Å². The molecule has 0 saturated carbocycles. The second-order valence-electron chi connectivity index (χ2n) is 6.92.